The fraction of sp³-hybridized carbons (Fsp3) is 0.133. The second-order valence-electron chi connectivity index (χ2n) is 4.50. The van der Waals surface area contributed by atoms with Gasteiger partial charge in [-0.15, -0.1) is 0 Å². The number of carbonyl (C=O) groups is 1. The van der Waals surface area contributed by atoms with Gasteiger partial charge >= 0.3 is 6.18 Å². The fourth-order valence-electron chi connectivity index (χ4n) is 1.90. The van der Waals surface area contributed by atoms with Crippen LogP contribution in [0.2, 0.25) is 0 Å². The molecule has 0 aliphatic heterocycles. The number of amides is 1. The smallest absolute Gasteiger partial charge is 0.397 e. The van der Waals surface area contributed by atoms with E-state index in [0.29, 0.717) is 11.4 Å². The van der Waals surface area contributed by atoms with E-state index >= 15 is 0 Å². The first kappa shape index (κ1) is 14.9. The summed E-state index contributed by atoms with van der Waals surface area (Å²) >= 11 is 0. The van der Waals surface area contributed by atoms with Crippen LogP contribution in [0.5, 0.6) is 0 Å². The number of rotatable bonds is 2. The van der Waals surface area contributed by atoms with Gasteiger partial charge < -0.3 is 10.6 Å². The Morgan fingerprint density at radius 3 is 2.14 bits per heavy atom. The lowest BCUT2D eigenvalue weighted by Gasteiger charge is -2.19. The molecule has 0 unspecified atom stereocenters. The molecule has 2 aromatic carbocycles. The van der Waals surface area contributed by atoms with Crippen molar-refractivity contribution in [3.8, 4) is 0 Å². The number of halogens is 3. The number of para-hydroxylation sites is 2. The molecule has 0 aliphatic carbocycles. The molecule has 0 spiro atoms. The molecular weight excluding hydrogens is 281 g/mol. The Hall–Kier alpha value is -2.50. The Morgan fingerprint density at radius 2 is 1.62 bits per heavy atom. The van der Waals surface area contributed by atoms with Crippen LogP contribution >= 0.6 is 0 Å². The molecule has 2 rings (SSSR count). The monoisotopic (exact) mass is 294 g/mol. The Morgan fingerprint density at radius 1 is 1.05 bits per heavy atom. The van der Waals surface area contributed by atoms with Crippen molar-refractivity contribution in [1.29, 1.82) is 0 Å². The van der Waals surface area contributed by atoms with E-state index < -0.39 is 17.6 Å². The molecule has 0 radical (unpaired) electrons. The van der Waals surface area contributed by atoms with E-state index in [-0.39, 0.29) is 5.56 Å². The van der Waals surface area contributed by atoms with Crippen LogP contribution in [0.15, 0.2) is 48.5 Å². The number of nitrogen functional groups attached to an aromatic ring is 1. The van der Waals surface area contributed by atoms with E-state index in [1.54, 1.807) is 24.3 Å². The lowest BCUT2D eigenvalue weighted by molar-refractivity contribution is -0.137. The molecule has 0 atom stereocenters. The third kappa shape index (κ3) is 3.16. The molecule has 0 bridgehead atoms. The summed E-state index contributed by atoms with van der Waals surface area (Å²) < 4.78 is 37.5. The van der Waals surface area contributed by atoms with Gasteiger partial charge in [-0.25, -0.2) is 0 Å². The highest BCUT2D eigenvalue weighted by atomic mass is 19.4. The maximum atomic E-state index is 12.5. The van der Waals surface area contributed by atoms with Gasteiger partial charge in [-0.1, -0.05) is 12.1 Å². The molecule has 0 aliphatic rings. The second-order valence-corrected chi connectivity index (χ2v) is 4.50. The summed E-state index contributed by atoms with van der Waals surface area (Å²) in [5.41, 5.74) is 6.07. The summed E-state index contributed by atoms with van der Waals surface area (Å²) in [5.74, 6) is -0.429. The Kier molecular flexibility index (Phi) is 3.88. The zero-order valence-electron chi connectivity index (χ0n) is 11.2. The van der Waals surface area contributed by atoms with E-state index in [0.717, 1.165) is 24.3 Å². The van der Waals surface area contributed by atoms with Crippen molar-refractivity contribution in [2.45, 2.75) is 6.18 Å². The lowest BCUT2D eigenvalue weighted by Crippen LogP contribution is -2.27. The van der Waals surface area contributed by atoms with E-state index in [4.69, 9.17) is 5.73 Å². The minimum Gasteiger partial charge on any atom is -0.397 e. The van der Waals surface area contributed by atoms with Crippen molar-refractivity contribution in [3.63, 3.8) is 0 Å². The Balaban J connectivity index is 2.26. The molecule has 0 heterocycles. The van der Waals surface area contributed by atoms with Crippen LogP contribution in [-0.2, 0) is 6.18 Å². The number of benzene rings is 2. The molecule has 110 valence electrons. The molecule has 0 aromatic heterocycles. The number of hydrogen-bond donors (Lipinski definition) is 1. The summed E-state index contributed by atoms with van der Waals surface area (Å²) in [5, 5.41) is 0. The molecule has 0 saturated heterocycles. The predicted molar refractivity (Wildman–Crippen MR) is 75.0 cm³/mol. The van der Waals surface area contributed by atoms with Crippen LogP contribution in [-0.4, -0.2) is 13.0 Å². The number of hydrogen-bond acceptors (Lipinski definition) is 2. The van der Waals surface area contributed by atoms with Crippen LogP contribution in [0.25, 0.3) is 0 Å². The van der Waals surface area contributed by atoms with Gasteiger partial charge in [-0.05, 0) is 36.4 Å². The molecule has 2 N–H and O–H groups in total. The number of nitrogens with two attached hydrogens (primary N) is 1. The first-order valence-electron chi connectivity index (χ1n) is 6.10. The van der Waals surface area contributed by atoms with Gasteiger partial charge in [-0.2, -0.15) is 13.2 Å². The topological polar surface area (TPSA) is 46.3 Å². The number of carbonyl (C=O) groups excluding carboxylic acids is 1. The van der Waals surface area contributed by atoms with Crippen molar-refractivity contribution in [2.75, 3.05) is 17.7 Å². The summed E-state index contributed by atoms with van der Waals surface area (Å²) in [6.45, 7) is 0. The van der Waals surface area contributed by atoms with Crippen LogP contribution in [0.4, 0.5) is 24.5 Å². The van der Waals surface area contributed by atoms with Gasteiger partial charge in [0.05, 0.1) is 16.9 Å². The van der Waals surface area contributed by atoms with Gasteiger partial charge in [0.25, 0.3) is 5.91 Å². The third-order valence-electron chi connectivity index (χ3n) is 3.06. The van der Waals surface area contributed by atoms with E-state index in [1.165, 1.54) is 11.9 Å². The minimum atomic E-state index is -4.42. The zero-order chi connectivity index (χ0) is 15.6. The van der Waals surface area contributed by atoms with E-state index in [2.05, 4.69) is 0 Å². The molecule has 0 fully saturated rings. The summed E-state index contributed by atoms with van der Waals surface area (Å²) in [6, 6.07) is 10.8. The second kappa shape index (κ2) is 5.47. The average Bonchev–Trinajstić information content (AvgIpc) is 2.45. The van der Waals surface area contributed by atoms with Crippen molar-refractivity contribution in [1.82, 2.24) is 0 Å². The van der Waals surface area contributed by atoms with Crippen LogP contribution in [0.3, 0.4) is 0 Å². The Bertz CT molecular complexity index is 651. The maximum Gasteiger partial charge on any atom is 0.416 e. The van der Waals surface area contributed by atoms with E-state index in [1.807, 2.05) is 0 Å². The first-order chi connectivity index (χ1) is 9.80. The van der Waals surface area contributed by atoms with Crippen molar-refractivity contribution in [3.05, 3.63) is 59.7 Å². The normalized spacial score (nSPS) is 11.2. The zero-order valence-corrected chi connectivity index (χ0v) is 11.2. The van der Waals surface area contributed by atoms with Gasteiger partial charge in [0.2, 0.25) is 0 Å². The summed E-state index contributed by atoms with van der Waals surface area (Å²) in [7, 11) is 1.52. The molecule has 0 saturated carbocycles. The third-order valence-corrected chi connectivity index (χ3v) is 3.06. The summed E-state index contributed by atoms with van der Waals surface area (Å²) in [4.78, 5) is 13.6. The van der Waals surface area contributed by atoms with Crippen LogP contribution in [0.1, 0.15) is 15.9 Å². The van der Waals surface area contributed by atoms with Gasteiger partial charge in [0.15, 0.2) is 0 Å². The molecule has 3 nitrogen and oxygen atoms in total. The van der Waals surface area contributed by atoms with Crippen molar-refractivity contribution in [2.24, 2.45) is 0 Å². The summed E-state index contributed by atoms with van der Waals surface area (Å²) in [6.07, 6.45) is -4.42. The predicted octanol–water partition coefficient (Wildman–Crippen LogP) is 3.56. The quantitative estimate of drug-likeness (QED) is 0.861. The van der Waals surface area contributed by atoms with Crippen LogP contribution in [0, 0.1) is 0 Å². The highest BCUT2D eigenvalue weighted by Crippen LogP contribution is 2.29. The molecule has 21 heavy (non-hydrogen) atoms. The maximum absolute atomic E-state index is 12.5. The first-order valence-corrected chi connectivity index (χ1v) is 6.10. The van der Waals surface area contributed by atoms with Gasteiger partial charge in [-0.3, -0.25) is 4.79 Å². The van der Waals surface area contributed by atoms with Crippen LogP contribution < -0.4 is 10.6 Å². The number of anilines is 2. The standard InChI is InChI=1S/C15H13F3N2O/c1-20(13-5-3-2-4-12(13)19)14(21)10-6-8-11(9-7-10)15(16,17)18/h2-9H,19H2,1H3. The molecule has 1 amide bonds. The highest BCUT2D eigenvalue weighted by Gasteiger charge is 2.30. The largest absolute Gasteiger partial charge is 0.416 e. The SMILES string of the molecule is CN(C(=O)c1ccc(C(F)(F)F)cc1)c1ccccc1N. The minimum absolute atomic E-state index is 0.161. The van der Waals surface area contributed by atoms with Gasteiger partial charge in [0, 0.05) is 12.6 Å². The van der Waals surface area contributed by atoms with Crippen molar-refractivity contribution >= 4 is 17.3 Å². The Labute approximate surface area is 119 Å². The molecule has 6 heteroatoms. The molecule has 2 aromatic rings. The van der Waals surface area contributed by atoms with Crippen molar-refractivity contribution < 1.29 is 18.0 Å². The highest BCUT2D eigenvalue weighted by molar-refractivity contribution is 6.07. The van der Waals surface area contributed by atoms with E-state index in [9.17, 15) is 18.0 Å². The fourth-order valence-corrected chi connectivity index (χ4v) is 1.90. The average molecular weight is 294 g/mol. The van der Waals surface area contributed by atoms with Gasteiger partial charge in [0.1, 0.15) is 0 Å². The number of alkyl halides is 3. The molecular formula is C15H13F3N2O. The number of nitrogens with zero attached hydrogens (tertiary/aromatic N) is 1. The lowest BCUT2D eigenvalue weighted by atomic mass is 10.1.